The van der Waals surface area contributed by atoms with Crippen molar-refractivity contribution in [2.45, 2.75) is 23.1 Å². The molecule has 0 saturated heterocycles. The van der Waals surface area contributed by atoms with Gasteiger partial charge in [-0.05, 0) is 30.4 Å². The summed E-state index contributed by atoms with van der Waals surface area (Å²) >= 11 is 2.63. The Kier molecular flexibility index (Phi) is 5.60. The van der Waals surface area contributed by atoms with Crippen molar-refractivity contribution in [2.24, 2.45) is 0 Å². The topological polar surface area (TPSA) is 98.3 Å². The first-order chi connectivity index (χ1) is 10.9. The van der Waals surface area contributed by atoms with E-state index in [4.69, 9.17) is 0 Å². The van der Waals surface area contributed by atoms with E-state index < -0.39 is 16.0 Å². The predicted molar refractivity (Wildman–Crippen MR) is 89.6 cm³/mol. The fourth-order valence-corrected chi connectivity index (χ4v) is 4.61. The second-order valence-corrected chi connectivity index (χ2v) is 8.55. The SMILES string of the molecule is CCSc1nnc(NS(=O)(=O)c2ccc(C)c(C(=O)OC)c2)s1. The zero-order valence-electron chi connectivity index (χ0n) is 12.7. The number of sulfonamides is 1. The second kappa shape index (κ2) is 7.28. The van der Waals surface area contributed by atoms with Gasteiger partial charge in [-0.25, -0.2) is 13.2 Å². The van der Waals surface area contributed by atoms with Crippen molar-refractivity contribution in [3.05, 3.63) is 29.3 Å². The lowest BCUT2D eigenvalue weighted by molar-refractivity contribution is 0.0599. The number of carbonyl (C=O) groups excluding carboxylic acids is 1. The third-order valence-electron chi connectivity index (χ3n) is 2.82. The van der Waals surface area contributed by atoms with Crippen molar-refractivity contribution in [1.82, 2.24) is 10.2 Å². The molecule has 0 unspecified atom stereocenters. The maximum atomic E-state index is 12.4. The molecule has 1 heterocycles. The van der Waals surface area contributed by atoms with Crippen LogP contribution in [-0.2, 0) is 14.8 Å². The van der Waals surface area contributed by atoms with Crippen LogP contribution in [-0.4, -0.2) is 37.4 Å². The molecule has 0 aliphatic carbocycles. The van der Waals surface area contributed by atoms with Crippen LogP contribution in [0.1, 0.15) is 22.8 Å². The highest BCUT2D eigenvalue weighted by Gasteiger charge is 2.20. The number of nitrogens with zero attached hydrogens (tertiary/aromatic N) is 2. The Balaban J connectivity index is 2.30. The molecule has 2 rings (SSSR count). The fraction of sp³-hybridized carbons (Fsp3) is 0.308. The third-order valence-corrected chi connectivity index (χ3v) is 6.14. The van der Waals surface area contributed by atoms with E-state index in [2.05, 4.69) is 19.7 Å². The third kappa shape index (κ3) is 4.21. The van der Waals surface area contributed by atoms with Gasteiger partial charge in [0.2, 0.25) is 5.13 Å². The van der Waals surface area contributed by atoms with Crippen molar-refractivity contribution in [1.29, 1.82) is 0 Å². The molecule has 10 heteroatoms. The Hall–Kier alpha value is -1.65. The molecule has 0 atom stereocenters. The van der Waals surface area contributed by atoms with Crippen molar-refractivity contribution >= 4 is 44.2 Å². The van der Waals surface area contributed by atoms with Crippen LogP contribution in [0.3, 0.4) is 0 Å². The Labute approximate surface area is 142 Å². The summed E-state index contributed by atoms with van der Waals surface area (Å²) in [5, 5.41) is 7.87. The van der Waals surface area contributed by atoms with E-state index in [1.165, 1.54) is 31.0 Å². The highest BCUT2D eigenvalue weighted by Crippen LogP contribution is 2.27. The van der Waals surface area contributed by atoms with Crippen molar-refractivity contribution in [2.75, 3.05) is 17.6 Å². The standard InChI is InChI=1S/C13H15N3O4S3/c1-4-21-13-15-14-12(22-13)16-23(18,19)9-6-5-8(2)10(7-9)11(17)20-3/h5-7H,4H2,1-3H3,(H,14,16). The molecule has 124 valence electrons. The van der Waals surface area contributed by atoms with Crippen molar-refractivity contribution in [3.8, 4) is 0 Å². The minimum absolute atomic E-state index is 0.0385. The predicted octanol–water partition coefficient (Wildman–Crippen LogP) is 2.55. The first-order valence-corrected chi connectivity index (χ1v) is 9.84. The summed E-state index contributed by atoms with van der Waals surface area (Å²) in [7, 11) is -2.61. The van der Waals surface area contributed by atoms with Crippen LogP contribution < -0.4 is 4.72 Å². The van der Waals surface area contributed by atoms with Gasteiger partial charge >= 0.3 is 5.97 Å². The van der Waals surface area contributed by atoms with Crippen LogP contribution in [0.25, 0.3) is 0 Å². The van der Waals surface area contributed by atoms with E-state index in [0.29, 0.717) is 9.90 Å². The lowest BCUT2D eigenvalue weighted by Gasteiger charge is -2.08. The van der Waals surface area contributed by atoms with Gasteiger partial charge in [0.1, 0.15) is 0 Å². The summed E-state index contributed by atoms with van der Waals surface area (Å²) in [6.45, 7) is 3.67. The summed E-state index contributed by atoms with van der Waals surface area (Å²) in [5.41, 5.74) is 0.836. The molecule has 0 fully saturated rings. The molecule has 23 heavy (non-hydrogen) atoms. The number of esters is 1. The molecule has 7 nitrogen and oxygen atoms in total. The maximum absolute atomic E-state index is 12.4. The molecule has 0 bridgehead atoms. The van der Waals surface area contributed by atoms with Gasteiger partial charge in [-0.15, -0.1) is 10.2 Å². The van der Waals surface area contributed by atoms with Gasteiger partial charge in [0, 0.05) is 0 Å². The number of thioether (sulfide) groups is 1. The molecular weight excluding hydrogens is 358 g/mol. The highest BCUT2D eigenvalue weighted by atomic mass is 32.2. The number of ether oxygens (including phenoxy) is 1. The van der Waals surface area contributed by atoms with Gasteiger partial charge in [0.25, 0.3) is 10.0 Å². The number of nitrogens with one attached hydrogen (secondary N) is 1. The molecule has 0 radical (unpaired) electrons. The number of aryl methyl sites for hydroxylation is 1. The summed E-state index contributed by atoms with van der Waals surface area (Å²) in [6.07, 6.45) is 0. The van der Waals surface area contributed by atoms with E-state index in [9.17, 15) is 13.2 Å². The molecule has 0 spiro atoms. The average molecular weight is 373 g/mol. The minimum Gasteiger partial charge on any atom is -0.465 e. The number of methoxy groups -OCH3 is 1. The first-order valence-electron chi connectivity index (χ1n) is 6.55. The molecule has 0 aliphatic heterocycles. The van der Waals surface area contributed by atoms with Gasteiger partial charge in [0.05, 0.1) is 17.6 Å². The quantitative estimate of drug-likeness (QED) is 0.614. The van der Waals surface area contributed by atoms with E-state index >= 15 is 0 Å². The Morgan fingerprint density at radius 3 is 2.78 bits per heavy atom. The number of carbonyl (C=O) groups is 1. The zero-order valence-corrected chi connectivity index (χ0v) is 15.1. The van der Waals surface area contributed by atoms with Crippen LogP contribution in [0, 0.1) is 6.92 Å². The molecule has 0 saturated carbocycles. The van der Waals surface area contributed by atoms with E-state index in [1.54, 1.807) is 13.0 Å². The Morgan fingerprint density at radius 2 is 2.13 bits per heavy atom. The van der Waals surface area contributed by atoms with E-state index in [-0.39, 0.29) is 15.6 Å². The minimum atomic E-state index is -3.86. The molecule has 0 amide bonds. The summed E-state index contributed by atoms with van der Waals surface area (Å²) in [6, 6.07) is 4.26. The monoisotopic (exact) mass is 373 g/mol. The van der Waals surface area contributed by atoms with Gasteiger partial charge < -0.3 is 4.74 Å². The summed E-state index contributed by atoms with van der Waals surface area (Å²) in [4.78, 5) is 11.6. The lowest BCUT2D eigenvalue weighted by atomic mass is 10.1. The van der Waals surface area contributed by atoms with Crippen molar-refractivity contribution in [3.63, 3.8) is 0 Å². The summed E-state index contributed by atoms with van der Waals surface area (Å²) < 4.78 is 32.5. The molecule has 1 aromatic carbocycles. The highest BCUT2D eigenvalue weighted by molar-refractivity contribution is 8.01. The fourth-order valence-electron chi connectivity index (χ4n) is 1.70. The molecule has 0 aliphatic rings. The number of aromatic nitrogens is 2. The molecular formula is C13H15N3O4S3. The van der Waals surface area contributed by atoms with Crippen LogP contribution in [0.5, 0.6) is 0 Å². The van der Waals surface area contributed by atoms with Crippen LogP contribution in [0.2, 0.25) is 0 Å². The van der Waals surface area contributed by atoms with Crippen LogP contribution >= 0.6 is 23.1 Å². The zero-order chi connectivity index (χ0) is 17.0. The van der Waals surface area contributed by atoms with E-state index in [0.717, 1.165) is 17.1 Å². The van der Waals surface area contributed by atoms with Gasteiger partial charge in [-0.2, -0.15) is 0 Å². The van der Waals surface area contributed by atoms with E-state index in [1.807, 2.05) is 6.92 Å². The Bertz CT molecular complexity index is 818. The van der Waals surface area contributed by atoms with Gasteiger partial charge in [0.15, 0.2) is 4.34 Å². The number of hydrogen-bond donors (Lipinski definition) is 1. The second-order valence-electron chi connectivity index (χ2n) is 4.38. The maximum Gasteiger partial charge on any atom is 0.338 e. The van der Waals surface area contributed by atoms with Gasteiger partial charge in [-0.3, -0.25) is 4.72 Å². The molecule has 1 aromatic heterocycles. The summed E-state index contributed by atoms with van der Waals surface area (Å²) in [5.74, 6) is 0.235. The first kappa shape index (κ1) is 17.7. The largest absolute Gasteiger partial charge is 0.465 e. The smallest absolute Gasteiger partial charge is 0.338 e. The normalized spacial score (nSPS) is 11.3. The van der Waals surface area contributed by atoms with Gasteiger partial charge in [-0.1, -0.05) is 36.1 Å². The molecule has 2 aromatic rings. The number of anilines is 1. The van der Waals surface area contributed by atoms with Crippen LogP contribution in [0.15, 0.2) is 27.4 Å². The number of benzene rings is 1. The van der Waals surface area contributed by atoms with Crippen LogP contribution in [0.4, 0.5) is 5.13 Å². The lowest BCUT2D eigenvalue weighted by Crippen LogP contribution is -2.14. The average Bonchev–Trinajstić information content (AvgIpc) is 2.93. The number of rotatable bonds is 6. The Morgan fingerprint density at radius 1 is 1.39 bits per heavy atom. The van der Waals surface area contributed by atoms with Crippen molar-refractivity contribution < 1.29 is 17.9 Å². The number of hydrogen-bond acceptors (Lipinski definition) is 8. The molecule has 1 N–H and O–H groups in total.